The Labute approximate surface area is 161 Å². The van der Waals surface area contributed by atoms with Crippen molar-refractivity contribution in [3.63, 3.8) is 0 Å². The molecule has 0 aliphatic carbocycles. The third-order valence-electron chi connectivity index (χ3n) is 5.32. The van der Waals surface area contributed by atoms with Crippen molar-refractivity contribution in [2.45, 2.75) is 20.8 Å². The molecule has 0 aliphatic heterocycles. The van der Waals surface area contributed by atoms with Gasteiger partial charge in [0.2, 0.25) is 5.69 Å². The Kier molecular flexibility index (Phi) is 4.41. The highest BCUT2D eigenvalue weighted by atomic mass is 15.4. The van der Waals surface area contributed by atoms with Crippen LogP contribution < -0.4 is 4.68 Å². The van der Waals surface area contributed by atoms with E-state index in [0.717, 1.165) is 0 Å². The molecule has 0 saturated carbocycles. The zero-order valence-electron chi connectivity index (χ0n) is 16.4. The topological polar surface area (TPSA) is 8.81 Å². The van der Waals surface area contributed by atoms with Crippen LogP contribution in [0, 0.1) is 20.8 Å². The van der Waals surface area contributed by atoms with Gasteiger partial charge in [0.25, 0.3) is 0 Å². The molecule has 0 N–H and O–H groups in total. The summed E-state index contributed by atoms with van der Waals surface area (Å²) in [5.41, 5.74) is 9.97. The molecule has 3 aromatic carbocycles. The smallest absolute Gasteiger partial charge is 0.125 e. The van der Waals surface area contributed by atoms with E-state index < -0.39 is 0 Å². The van der Waals surface area contributed by atoms with Gasteiger partial charge in [-0.25, -0.2) is 0 Å². The monoisotopic (exact) mass is 353 g/mol. The number of aromatic nitrogens is 2. The van der Waals surface area contributed by atoms with Gasteiger partial charge in [0.15, 0.2) is 7.05 Å². The lowest BCUT2D eigenvalue weighted by Gasteiger charge is -2.11. The van der Waals surface area contributed by atoms with Crippen molar-refractivity contribution in [1.29, 1.82) is 0 Å². The largest absolute Gasteiger partial charge is 0.205 e. The summed E-state index contributed by atoms with van der Waals surface area (Å²) in [5.74, 6) is 0. The van der Waals surface area contributed by atoms with Crippen molar-refractivity contribution < 1.29 is 4.68 Å². The molecule has 0 radical (unpaired) electrons. The molecule has 2 heteroatoms. The number of nitrogens with zero attached hydrogens (tertiary/aromatic N) is 2. The SMILES string of the molecule is Cc1ccc(-c2ccc(-c3ccccc3)cc2)cc1-n1c(C)cc(C)[n+]1C. The summed E-state index contributed by atoms with van der Waals surface area (Å²) >= 11 is 0. The first-order valence-corrected chi connectivity index (χ1v) is 9.37. The lowest BCUT2D eigenvalue weighted by atomic mass is 9.99. The average molecular weight is 353 g/mol. The minimum absolute atomic E-state index is 1.23. The standard InChI is InChI=1S/C25H25N2/c1-18-10-11-24(17-25(18)27-20(3)16-19(2)26(27)4)23-14-12-22(13-15-23)21-8-6-5-7-9-21/h5-17H,1-4H3/q+1. The Morgan fingerprint density at radius 2 is 1.19 bits per heavy atom. The summed E-state index contributed by atoms with van der Waals surface area (Å²) in [6.07, 6.45) is 0. The third-order valence-corrected chi connectivity index (χ3v) is 5.32. The van der Waals surface area contributed by atoms with E-state index in [9.17, 15) is 0 Å². The van der Waals surface area contributed by atoms with Crippen LogP contribution in [0.4, 0.5) is 0 Å². The van der Waals surface area contributed by atoms with E-state index in [1.807, 2.05) is 0 Å². The Morgan fingerprint density at radius 3 is 1.78 bits per heavy atom. The van der Waals surface area contributed by atoms with Gasteiger partial charge in [-0.05, 0) is 47.7 Å². The molecule has 0 atom stereocenters. The van der Waals surface area contributed by atoms with Gasteiger partial charge < -0.3 is 0 Å². The normalized spacial score (nSPS) is 11.0. The number of rotatable bonds is 3. The van der Waals surface area contributed by atoms with Crippen molar-refractivity contribution in [1.82, 2.24) is 4.68 Å². The second kappa shape index (κ2) is 6.88. The first kappa shape index (κ1) is 17.3. The minimum Gasteiger partial charge on any atom is -0.125 e. The summed E-state index contributed by atoms with van der Waals surface area (Å²) < 4.78 is 4.49. The van der Waals surface area contributed by atoms with E-state index in [1.54, 1.807) is 0 Å². The van der Waals surface area contributed by atoms with Crippen LogP contribution in [0.3, 0.4) is 0 Å². The molecular formula is C25H25N2+. The first-order valence-electron chi connectivity index (χ1n) is 9.37. The quantitative estimate of drug-likeness (QED) is 0.426. The molecule has 134 valence electrons. The maximum atomic E-state index is 2.29. The number of aryl methyl sites for hydroxylation is 3. The summed E-state index contributed by atoms with van der Waals surface area (Å²) in [6, 6.07) is 28.3. The van der Waals surface area contributed by atoms with Crippen LogP contribution in [-0.4, -0.2) is 4.68 Å². The van der Waals surface area contributed by atoms with Crippen LogP contribution in [0.1, 0.15) is 17.0 Å². The van der Waals surface area contributed by atoms with Gasteiger partial charge >= 0.3 is 0 Å². The molecule has 0 unspecified atom stereocenters. The van der Waals surface area contributed by atoms with Crippen molar-refractivity contribution in [3.8, 4) is 27.9 Å². The predicted octanol–water partition coefficient (Wildman–Crippen LogP) is 5.56. The Bertz CT molecular complexity index is 1090. The molecule has 2 nitrogen and oxygen atoms in total. The van der Waals surface area contributed by atoms with Gasteiger partial charge in [0, 0.05) is 13.0 Å². The average Bonchev–Trinajstić information content (AvgIpc) is 2.95. The molecule has 0 saturated heterocycles. The van der Waals surface area contributed by atoms with Crippen LogP contribution >= 0.6 is 0 Å². The Hall–Kier alpha value is -3.13. The van der Waals surface area contributed by atoms with Crippen molar-refractivity contribution in [3.05, 3.63) is 95.8 Å². The Balaban J connectivity index is 1.75. The number of hydrogen-bond acceptors (Lipinski definition) is 0. The van der Waals surface area contributed by atoms with E-state index >= 15 is 0 Å². The summed E-state index contributed by atoms with van der Waals surface area (Å²) in [5, 5.41) is 0. The lowest BCUT2D eigenvalue weighted by Crippen LogP contribution is -2.40. The zero-order chi connectivity index (χ0) is 19.0. The highest BCUT2D eigenvalue weighted by molar-refractivity contribution is 5.72. The third kappa shape index (κ3) is 3.19. The summed E-state index contributed by atoms with van der Waals surface area (Å²) in [4.78, 5) is 0. The zero-order valence-corrected chi connectivity index (χ0v) is 16.4. The summed E-state index contributed by atoms with van der Waals surface area (Å²) in [6.45, 7) is 6.48. The van der Waals surface area contributed by atoms with Gasteiger partial charge in [-0.3, -0.25) is 0 Å². The van der Waals surface area contributed by atoms with E-state index in [1.165, 1.54) is 44.9 Å². The Morgan fingerprint density at radius 1 is 0.630 bits per heavy atom. The molecule has 27 heavy (non-hydrogen) atoms. The fraction of sp³-hybridized carbons (Fsp3) is 0.160. The van der Waals surface area contributed by atoms with Crippen LogP contribution in [-0.2, 0) is 7.05 Å². The van der Waals surface area contributed by atoms with E-state index in [0.29, 0.717) is 0 Å². The van der Waals surface area contributed by atoms with Crippen LogP contribution in [0.5, 0.6) is 0 Å². The van der Waals surface area contributed by atoms with Crippen LogP contribution in [0.15, 0.2) is 78.9 Å². The number of benzene rings is 3. The molecule has 0 bridgehead atoms. The van der Waals surface area contributed by atoms with Crippen LogP contribution in [0.25, 0.3) is 27.9 Å². The van der Waals surface area contributed by atoms with Crippen molar-refractivity contribution >= 4 is 0 Å². The molecule has 0 amide bonds. The maximum absolute atomic E-state index is 2.29. The maximum Gasteiger partial charge on any atom is 0.205 e. The fourth-order valence-electron chi connectivity index (χ4n) is 3.71. The van der Waals surface area contributed by atoms with Gasteiger partial charge in [-0.15, -0.1) is 9.36 Å². The second-order valence-corrected chi connectivity index (χ2v) is 7.21. The number of hydrogen-bond donors (Lipinski definition) is 0. The van der Waals surface area contributed by atoms with Crippen LogP contribution in [0.2, 0.25) is 0 Å². The predicted molar refractivity (Wildman–Crippen MR) is 112 cm³/mol. The van der Waals surface area contributed by atoms with Gasteiger partial charge in [0.1, 0.15) is 5.69 Å². The van der Waals surface area contributed by atoms with E-state index in [-0.39, 0.29) is 0 Å². The highest BCUT2D eigenvalue weighted by Crippen LogP contribution is 2.27. The van der Waals surface area contributed by atoms with Crippen molar-refractivity contribution in [2.75, 3.05) is 0 Å². The lowest BCUT2D eigenvalue weighted by molar-refractivity contribution is -0.749. The summed E-state index contributed by atoms with van der Waals surface area (Å²) in [7, 11) is 2.11. The molecule has 1 heterocycles. The van der Waals surface area contributed by atoms with E-state index in [2.05, 4.69) is 116 Å². The molecule has 1 aromatic heterocycles. The molecular weight excluding hydrogens is 328 g/mol. The highest BCUT2D eigenvalue weighted by Gasteiger charge is 2.17. The first-order chi connectivity index (χ1) is 13.0. The fourth-order valence-corrected chi connectivity index (χ4v) is 3.71. The minimum atomic E-state index is 1.23. The molecule has 0 spiro atoms. The van der Waals surface area contributed by atoms with Gasteiger partial charge in [-0.2, -0.15) is 0 Å². The molecule has 0 fully saturated rings. The second-order valence-electron chi connectivity index (χ2n) is 7.21. The van der Waals surface area contributed by atoms with Crippen molar-refractivity contribution in [2.24, 2.45) is 7.05 Å². The van der Waals surface area contributed by atoms with Gasteiger partial charge in [-0.1, -0.05) is 66.7 Å². The molecule has 0 aliphatic rings. The molecule has 4 rings (SSSR count). The van der Waals surface area contributed by atoms with E-state index in [4.69, 9.17) is 0 Å². The molecule has 4 aromatic rings. The van der Waals surface area contributed by atoms with Gasteiger partial charge in [0.05, 0.1) is 5.69 Å².